The number of nitrogens with zero attached hydrogens (tertiary/aromatic N) is 3. The largest absolute Gasteiger partial charge is 0.383 e. The molecule has 3 aromatic rings. The molecule has 0 spiro atoms. The number of halogens is 1. The Bertz CT molecular complexity index is 962. The van der Waals surface area contributed by atoms with Crippen LogP contribution in [0.1, 0.15) is 23.5 Å². The first-order valence-electron chi connectivity index (χ1n) is 9.10. The summed E-state index contributed by atoms with van der Waals surface area (Å²) in [4.78, 5) is 6.37. The van der Waals surface area contributed by atoms with Crippen LogP contribution in [0.15, 0.2) is 67.0 Å². The summed E-state index contributed by atoms with van der Waals surface area (Å²) in [6.45, 7) is 1.28. The molecule has 1 saturated heterocycles. The first kappa shape index (κ1) is 18.6. The van der Waals surface area contributed by atoms with Crippen LogP contribution < -0.4 is 10.2 Å². The Morgan fingerprint density at radius 2 is 1.96 bits per heavy atom. The zero-order valence-electron chi connectivity index (χ0n) is 15.5. The predicted octanol–water partition coefficient (Wildman–Crippen LogP) is 3.85. The summed E-state index contributed by atoms with van der Waals surface area (Å²) >= 11 is 5.63. The number of nitrogens with one attached hydrogen (secondary N) is 1. The Hall–Kier alpha value is -2.77. The summed E-state index contributed by atoms with van der Waals surface area (Å²) < 4.78 is 22.1. The maximum atomic E-state index is 14.7. The summed E-state index contributed by atoms with van der Waals surface area (Å²) in [6.07, 6.45) is 3.76. The lowest BCUT2D eigenvalue weighted by atomic mass is 10.0. The molecule has 0 amide bonds. The predicted molar refractivity (Wildman–Crippen MR) is 111 cm³/mol. The van der Waals surface area contributed by atoms with Crippen molar-refractivity contribution >= 4 is 23.0 Å². The normalized spacial score (nSPS) is 19.1. The molecular formula is C21H21FN4OS. The second-order valence-corrected chi connectivity index (χ2v) is 6.95. The van der Waals surface area contributed by atoms with Crippen molar-refractivity contribution < 1.29 is 9.13 Å². The minimum atomic E-state index is -0.312. The molecule has 2 atom stereocenters. The number of methoxy groups -OCH3 is 1. The van der Waals surface area contributed by atoms with Gasteiger partial charge in [0.25, 0.3) is 0 Å². The average molecular weight is 396 g/mol. The Morgan fingerprint density at radius 1 is 1.14 bits per heavy atom. The van der Waals surface area contributed by atoms with Gasteiger partial charge in [-0.2, -0.15) is 0 Å². The zero-order chi connectivity index (χ0) is 19.5. The highest BCUT2D eigenvalue weighted by Gasteiger charge is 2.42. The van der Waals surface area contributed by atoms with Crippen LogP contribution in [0.25, 0.3) is 0 Å². The second-order valence-electron chi connectivity index (χ2n) is 6.57. The number of ether oxygens (including phenoxy) is 1. The summed E-state index contributed by atoms with van der Waals surface area (Å²) in [5.74, 6) is -0.312. The number of hydrogen-bond acceptors (Lipinski definition) is 3. The first-order valence-corrected chi connectivity index (χ1v) is 9.50. The van der Waals surface area contributed by atoms with Gasteiger partial charge in [0.05, 0.1) is 24.0 Å². The van der Waals surface area contributed by atoms with E-state index in [1.54, 1.807) is 25.4 Å². The quantitative estimate of drug-likeness (QED) is 0.641. The number of aromatic nitrogens is 2. The SMILES string of the molecule is COCCn1cccc1[C@H]1[C@@H](c2ccccn2)NC(=S)N1c1ccccc1F. The monoisotopic (exact) mass is 396 g/mol. The molecule has 0 bridgehead atoms. The maximum absolute atomic E-state index is 14.7. The number of benzene rings is 1. The van der Waals surface area contributed by atoms with Gasteiger partial charge in [-0.3, -0.25) is 4.98 Å². The maximum Gasteiger partial charge on any atom is 0.174 e. The molecule has 1 fully saturated rings. The number of thiocarbonyl (C=S) groups is 1. The smallest absolute Gasteiger partial charge is 0.174 e. The molecule has 144 valence electrons. The molecule has 2 aromatic heterocycles. The molecule has 0 radical (unpaired) electrons. The van der Waals surface area contributed by atoms with E-state index in [1.165, 1.54) is 6.07 Å². The van der Waals surface area contributed by atoms with Crippen LogP contribution in [0.3, 0.4) is 0 Å². The third-order valence-electron chi connectivity index (χ3n) is 4.91. The van der Waals surface area contributed by atoms with Crippen LogP contribution in [0.4, 0.5) is 10.1 Å². The third-order valence-corrected chi connectivity index (χ3v) is 5.23. The highest BCUT2D eigenvalue weighted by atomic mass is 32.1. The summed E-state index contributed by atoms with van der Waals surface area (Å²) in [6, 6.07) is 16.1. The molecular weight excluding hydrogens is 375 g/mol. The van der Waals surface area contributed by atoms with Gasteiger partial charge in [0.2, 0.25) is 0 Å². The van der Waals surface area contributed by atoms with Gasteiger partial charge in [0.15, 0.2) is 5.11 Å². The molecule has 1 aliphatic rings. The molecule has 1 N–H and O–H groups in total. The van der Waals surface area contributed by atoms with Gasteiger partial charge < -0.3 is 19.5 Å². The second kappa shape index (κ2) is 8.08. The highest BCUT2D eigenvalue weighted by Crippen LogP contribution is 2.42. The molecule has 4 rings (SSSR count). The average Bonchev–Trinajstić information content (AvgIpc) is 3.31. The summed E-state index contributed by atoms with van der Waals surface area (Å²) in [5, 5.41) is 3.83. The topological polar surface area (TPSA) is 42.3 Å². The number of hydrogen-bond donors (Lipinski definition) is 1. The number of anilines is 1. The fourth-order valence-electron chi connectivity index (χ4n) is 3.65. The van der Waals surface area contributed by atoms with Crippen molar-refractivity contribution in [2.45, 2.75) is 18.6 Å². The number of pyridine rings is 1. The van der Waals surface area contributed by atoms with Gasteiger partial charge >= 0.3 is 0 Å². The fraction of sp³-hybridized carbons (Fsp3) is 0.238. The van der Waals surface area contributed by atoms with Crippen LogP contribution in [0.5, 0.6) is 0 Å². The lowest BCUT2D eigenvalue weighted by molar-refractivity contribution is 0.186. The van der Waals surface area contributed by atoms with E-state index < -0.39 is 0 Å². The van der Waals surface area contributed by atoms with Gasteiger partial charge in [-0.1, -0.05) is 18.2 Å². The zero-order valence-corrected chi connectivity index (χ0v) is 16.3. The summed E-state index contributed by atoms with van der Waals surface area (Å²) in [5.41, 5.74) is 2.32. The molecule has 28 heavy (non-hydrogen) atoms. The lowest BCUT2D eigenvalue weighted by Crippen LogP contribution is -2.31. The van der Waals surface area contributed by atoms with Gasteiger partial charge in [0.1, 0.15) is 11.9 Å². The molecule has 0 saturated carbocycles. The minimum absolute atomic E-state index is 0.204. The van der Waals surface area contributed by atoms with Crippen LogP contribution in [0.2, 0.25) is 0 Å². The van der Waals surface area contributed by atoms with Crippen molar-refractivity contribution in [2.75, 3.05) is 18.6 Å². The van der Waals surface area contributed by atoms with Crippen LogP contribution in [-0.4, -0.2) is 28.4 Å². The van der Waals surface area contributed by atoms with E-state index >= 15 is 0 Å². The Morgan fingerprint density at radius 3 is 2.71 bits per heavy atom. The van der Waals surface area contributed by atoms with Crippen molar-refractivity contribution in [3.63, 3.8) is 0 Å². The number of rotatable bonds is 6. The van der Waals surface area contributed by atoms with Crippen LogP contribution in [-0.2, 0) is 11.3 Å². The Labute approximate surface area is 168 Å². The molecule has 0 aliphatic carbocycles. The van der Waals surface area contributed by atoms with E-state index in [0.717, 1.165) is 11.4 Å². The molecule has 7 heteroatoms. The van der Waals surface area contributed by atoms with Crippen molar-refractivity contribution in [1.82, 2.24) is 14.9 Å². The standard InChI is InChI=1S/C21H21FN4OS/c1-27-14-13-25-12-6-10-18(25)20-19(16-8-4-5-11-23-16)24-21(28)26(20)17-9-3-2-7-15(17)22/h2-12,19-20H,13-14H2,1H3,(H,24,28)/t19-,20+/m1/s1. The number of para-hydroxylation sites is 1. The molecule has 3 heterocycles. The van der Waals surface area contributed by atoms with Crippen molar-refractivity contribution in [3.8, 4) is 0 Å². The van der Waals surface area contributed by atoms with E-state index in [-0.39, 0.29) is 17.9 Å². The van der Waals surface area contributed by atoms with Crippen LogP contribution in [0, 0.1) is 5.82 Å². The van der Waals surface area contributed by atoms with Crippen molar-refractivity contribution in [3.05, 3.63) is 84.2 Å². The lowest BCUT2D eigenvalue weighted by Gasteiger charge is -2.29. The van der Waals surface area contributed by atoms with Crippen LogP contribution >= 0.6 is 12.2 Å². The molecule has 0 unspecified atom stereocenters. The van der Waals surface area contributed by atoms with Gasteiger partial charge in [-0.15, -0.1) is 0 Å². The first-order chi connectivity index (χ1) is 13.7. The van der Waals surface area contributed by atoms with E-state index in [2.05, 4.69) is 14.9 Å². The summed E-state index contributed by atoms with van der Waals surface area (Å²) in [7, 11) is 1.68. The van der Waals surface area contributed by atoms with E-state index in [1.807, 2.05) is 47.5 Å². The Balaban J connectivity index is 1.83. The van der Waals surface area contributed by atoms with E-state index in [0.29, 0.717) is 24.0 Å². The van der Waals surface area contributed by atoms with Crippen molar-refractivity contribution in [1.29, 1.82) is 0 Å². The highest BCUT2D eigenvalue weighted by molar-refractivity contribution is 7.80. The molecule has 5 nitrogen and oxygen atoms in total. The van der Waals surface area contributed by atoms with Gasteiger partial charge in [-0.25, -0.2) is 4.39 Å². The van der Waals surface area contributed by atoms with Crippen molar-refractivity contribution in [2.24, 2.45) is 0 Å². The van der Waals surface area contributed by atoms with Gasteiger partial charge in [0, 0.05) is 31.7 Å². The molecule has 1 aromatic carbocycles. The third kappa shape index (κ3) is 3.39. The minimum Gasteiger partial charge on any atom is -0.383 e. The van der Waals surface area contributed by atoms with Gasteiger partial charge in [-0.05, 0) is 48.6 Å². The van der Waals surface area contributed by atoms with E-state index in [4.69, 9.17) is 17.0 Å². The fourth-order valence-corrected chi connectivity index (χ4v) is 3.99. The molecule has 1 aliphatic heterocycles. The van der Waals surface area contributed by atoms with E-state index in [9.17, 15) is 4.39 Å². The Kier molecular flexibility index (Phi) is 5.36.